The number of hydrogen-bond acceptors (Lipinski definition) is 5. The Morgan fingerprint density at radius 2 is 2.42 bits per heavy atom. The molecule has 19 heavy (non-hydrogen) atoms. The van der Waals surface area contributed by atoms with E-state index in [4.69, 9.17) is 0 Å². The van der Waals surface area contributed by atoms with Crippen LogP contribution in [0, 0.1) is 5.92 Å². The molecule has 2 N–H and O–H groups in total. The van der Waals surface area contributed by atoms with Gasteiger partial charge < -0.3 is 15.3 Å². The van der Waals surface area contributed by atoms with Gasteiger partial charge in [0, 0.05) is 32.4 Å². The fourth-order valence-electron chi connectivity index (χ4n) is 2.31. The van der Waals surface area contributed by atoms with Gasteiger partial charge >= 0.3 is 0 Å². The Bertz CT molecular complexity index is 416. The van der Waals surface area contributed by atoms with Crippen LogP contribution >= 0.6 is 15.9 Å². The first-order valence-corrected chi connectivity index (χ1v) is 7.66. The molecule has 2 rings (SSSR count). The third-order valence-electron chi connectivity index (χ3n) is 3.34. The Labute approximate surface area is 122 Å². The van der Waals surface area contributed by atoms with Gasteiger partial charge in [-0.2, -0.15) is 4.98 Å². The predicted molar refractivity (Wildman–Crippen MR) is 80.5 cm³/mol. The SMILES string of the molecule is CCCNc1ncc(Br)c(N2CCCC(CO)C2)n1. The number of rotatable bonds is 5. The van der Waals surface area contributed by atoms with Gasteiger partial charge in [0.15, 0.2) is 0 Å². The molecule has 1 saturated heterocycles. The maximum atomic E-state index is 9.31. The van der Waals surface area contributed by atoms with Gasteiger partial charge in [0.1, 0.15) is 5.82 Å². The highest BCUT2D eigenvalue weighted by molar-refractivity contribution is 9.10. The first-order valence-electron chi connectivity index (χ1n) is 6.86. The van der Waals surface area contributed by atoms with E-state index >= 15 is 0 Å². The highest BCUT2D eigenvalue weighted by Crippen LogP contribution is 2.28. The molecule has 0 aromatic carbocycles. The summed E-state index contributed by atoms with van der Waals surface area (Å²) in [5.41, 5.74) is 0. The van der Waals surface area contributed by atoms with Crippen LogP contribution < -0.4 is 10.2 Å². The Kier molecular flexibility index (Phi) is 5.39. The second-order valence-corrected chi connectivity index (χ2v) is 5.78. The van der Waals surface area contributed by atoms with E-state index in [2.05, 4.69) is 43.0 Å². The standard InChI is InChI=1S/C13H21BrN4O/c1-2-5-15-13-16-7-11(14)12(17-13)18-6-3-4-10(8-18)9-19/h7,10,19H,2-6,8-9H2,1H3,(H,15,16,17). The molecule has 1 aliphatic heterocycles. The number of nitrogens with one attached hydrogen (secondary N) is 1. The van der Waals surface area contributed by atoms with Gasteiger partial charge in [0.05, 0.1) is 4.47 Å². The van der Waals surface area contributed by atoms with Crippen molar-refractivity contribution in [1.29, 1.82) is 0 Å². The van der Waals surface area contributed by atoms with Crippen LogP contribution in [0.5, 0.6) is 0 Å². The third-order valence-corrected chi connectivity index (χ3v) is 3.89. The summed E-state index contributed by atoms with van der Waals surface area (Å²) in [7, 11) is 0. The molecule has 0 amide bonds. The molecule has 0 radical (unpaired) electrons. The van der Waals surface area contributed by atoms with Crippen LogP contribution in [0.4, 0.5) is 11.8 Å². The number of aliphatic hydroxyl groups excluding tert-OH is 1. The van der Waals surface area contributed by atoms with Gasteiger partial charge in [-0.3, -0.25) is 0 Å². The van der Waals surface area contributed by atoms with Crippen molar-refractivity contribution in [3.8, 4) is 0 Å². The topological polar surface area (TPSA) is 61.3 Å². The van der Waals surface area contributed by atoms with Crippen molar-refractivity contribution in [2.45, 2.75) is 26.2 Å². The zero-order chi connectivity index (χ0) is 13.7. The first-order chi connectivity index (χ1) is 9.24. The molecule has 0 bridgehead atoms. The Morgan fingerprint density at radius 1 is 1.58 bits per heavy atom. The Balaban J connectivity index is 2.13. The minimum atomic E-state index is 0.250. The Hall–Kier alpha value is -0.880. The molecule has 1 aliphatic rings. The summed E-state index contributed by atoms with van der Waals surface area (Å²) in [5.74, 6) is 1.94. The van der Waals surface area contributed by atoms with Crippen LogP contribution in [0.2, 0.25) is 0 Å². The molecule has 1 aromatic heterocycles. The lowest BCUT2D eigenvalue weighted by Gasteiger charge is -2.33. The summed E-state index contributed by atoms with van der Waals surface area (Å²) >= 11 is 3.52. The van der Waals surface area contributed by atoms with Crippen molar-refractivity contribution >= 4 is 27.7 Å². The Morgan fingerprint density at radius 3 is 3.16 bits per heavy atom. The van der Waals surface area contributed by atoms with Gasteiger partial charge in [-0.25, -0.2) is 4.98 Å². The molecule has 5 nitrogen and oxygen atoms in total. The van der Waals surface area contributed by atoms with Crippen LogP contribution in [0.25, 0.3) is 0 Å². The molecule has 1 atom stereocenters. The molecule has 0 spiro atoms. The van der Waals surface area contributed by atoms with Crippen molar-refractivity contribution in [2.75, 3.05) is 36.5 Å². The lowest BCUT2D eigenvalue weighted by atomic mass is 9.99. The van der Waals surface area contributed by atoms with Crippen molar-refractivity contribution in [3.63, 3.8) is 0 Å². The maximum Gasteiger partial charge on any atom is 0.224 e. The molecule has 106 valence electrons. The lowest BCUT2D eigenvalue weighted by molar-refractivity contribution is 0.208. The van der Waals surface area contributed by atoms with Crippen LogP contribution in [-0.2, 0) is 0 Å². The summed E-state index contributed by atoms with van der Waals surface area (Å²) in [6.45, 7) is 5.09. The van der Waals surface area contributed by atoms with Gasteiger partial charge in [-0.1, -0.05) is 6.92 Å². The van der Waals surface area contributed by atoms with Crippen LogP contribution in [0.15, 0.2) is 10.7 Å². The molecule has 0 saturated carbocycles. The summed E-state index contributed by atoms with van der Waals surface area (Å²) in [6.07, 6.45) is 5.03. The monoisotopic (exact) mass is 328 g/mol. The lowest BCUT2D eigenvalue weighted by Crippen LogP contribution is -2.37. The van der Waals surface area contributed by atoms with E-state index in [1.807, 2.05) is 0 Å². The quantitative estimate of drug-likeness (QED) is 0.868. The average molecular weight is 329 g/mol. The molecular formula is C13H21BrN4O. The summed E-state index contributed by atoms with van der Waals surface area (Å²) in [4.78, 5) is 11.1. The van der Waals surface area contributed by atoms with E-state index < -0.39 is 0 Å². The number of hydrogen-bond donors (Lipinski definition) is 2. The predicted octanol–water partition coefficient (Wildman–Crippen LogP) is 2.27. The third kappa shape index (κ3) is 3.79. The van der Waals surface area contributed by atoms with Gasteiger partial charge in [-0.15, -0.1) is 0 Å². The number of nitrogens with zero attached hydrogens (tertiary/aromatic N) is 3. The molecule has 2 heterocycles. The largest absolute Gasteiger partial charge is 0.396 e. The van der Waals surface area contributed by atoms with Crippen LogP contribution in [0.3, 0.4) is 0 Å². The maximum absolute atomic E-state index is 9.31. The van der Waals surface area contributed by atoms with E-state index in [0.717, 1.165) is 49.2 Å². The number of aromatic nitrogens is 2. The summed E-state index contributed by atoms with van der Waals surface area (Å²) in [6, 6.07) is 0. The summed E-state index contributed by atoms with van der Waals surface area (Å²) < 4.78 is 0.910. The van der Waals surface area contributed by atoms with E-state index in [1.165, 1.54) is 0 Å². The molecule has 0 aliphatic carbocycles. The van der Waals surface area contributed by atoms with Gasteiger partial charge in [0.25, 0.3) is 0 Å². The zero-order valence-electron chi connectivity index (χ0n) is 11.3. The normalized spacial score (nSPS) is 19.5. The molecule has 1 fully saturated rings. The fourth-order valence-corrected chi connectivity index (χ4v) is 2.75. The van der Waals surface area contributed by atoms with E-state index in [0.29, 0.717) is 11.9 Å². The molecular weight excluding hydrogens is 308 g/mol. The number of aliphatic hydroxyl groups is 1. The second kappa shape index (κ2) is 7.05. The number of anilines is 2. The molecule has 1 aromatic rings. The first kappa shape index (κ1) is 14.5. The fraction of sp³-hybridized carbons (Fsp3) is 0.692. The molecule has 1 unspecified atom stereocenters. The molecule has 6 heteroatoms. The van der Waals surface area contributed by atoms with E-state index in [1.54, 1.807) is 6.20 Å². The van der Waals surface area contributed by atoms with Crippen molar-refractivity contribution in [3.05, 3.63) is 10.7 Å². The number of halogens is 1. The summed E-state index contributed by atoms with van der Waals surface area (Å²) in [5, 5.41) is 12.5. The van der Waals surface area contributed by atoms with Crippen molar-refractivity contribution < 1.29 is 5.11 Å². The van der Waals surface area contributed by atoms with Crippen LogP contribution in [-0.4, -0.2) is 41.3 Å². The second-order valence-electron chi connectivity index (χ2n) is 4.93. The van der Waals surface area contributed by atoms with Gasteiger partial charge in [0.2, 0.25) is 5.95 Å². The van der Waals surface area contributed by atoms with Gasteiger partial charge in [-0.05, 0) is 41.1 Å². The van der Waals surface area contributed by atoms with E-state index in [9.17, 15) is 5.11 Å². The minimum absolute atomic E-state index is 0.250. The van der Waals surface area contributed by atoms with E-state index in [-0.39, 0.29) is 6.61 Å². The minimum Gasteiger partial charge on any atom is -0.396 e. The zero-order valence-corrected chi connectivity index (χ0v) is 12.9. The van der Waals surface area contributed by atoms with Crippen LogP contribution in [0.1, 0.15) is 26.2 Å². The van der Waals surface area contributed by atoms with Crippen molar-refractivity contribution in [1.82, 2.24) is 9.97 Å². The highest BCUT2D eigenvalue weighted by atomic mass is 79.9. The smallest absolute Gasteiger partial charge is 0.224 e. The number of piperidine rings is 1. The average Bonchev–Trinajstić information content (AvgIpc) is 2.46. The highest BCUT2D eigenvalue weighted by Gasteiger charge is 2.22. The van der Waals surface area contributed by atoms with Crippen molar-refractivity contribution in [2.24, 2.45) is 5.92 Å².